The van der Waals surface area contributed by atoms with E-state index in [-0.39, 0.29) is 18.1 Å². The quantitative estimate of drug-likeness (QED) is 0.751. The van der Waals surface area contributed by atoms with Crippen molar-refractivity contribution in [2.75, 3.05) is 19.7 Å². The van der Waals surface area contributed by atoms with Gasteiger partial charge < -0.3 is 15.4 Å². The molecular weight excluding hydrogens is 192 g/mol. The van der Waals surface area contributed by atoms with Crippen LogP contribution >= 0.6 is 0 Å². The van der Waals surface area contributed by atoms with Gasteiger partial charge in [-0.3, -0.25) is 4.79 Å². The standard InChI is InChI=1S/C11H22N2O2/c1-3-10-8-15-9(2)7-13(10)11(14)5-4-6-12/h9-10H,3-8,12H2,1-2H3. The molecule has 1 saturated heterocycles. The van der Waals surface area contributed by atoms with Crippen LogP contribution in [0.3, 0.4) is 0 Å². The summed E-state index contributed by atoms with van der Waals surface area (Å²) in [6.07, 6.45) is 2.47. The molecule has 0 saturated carbocycles. The van der Waals surface area contributed by atoms with Crippen LogP contribution in [0, 0.1) is 0 Å². The van der Waals surface area contributed by atoms with Gasteiger partial charge in [-0.15, -0.1) is 0 Å². The lowest BCUT2D eigenvalue weighted by Crippen LogP contribution is -2.51. The zero-order chi connectivity index (χ0) is 11.3. The highest BCUT2D eigenvalue weighted by atomic mass is 16.5. The van der Waals surface area contributed by atoms with Crippen molar-refractivity contribution in [2.24, 2.45) is 5.73 Å². The number of morpholine rings is 1. The van der Waals surface area contributed by atoms with Gasteiger partial charge in [0.1, 0.15) is 0 Å². The Balaban J connectivity index is 2.50. The molecule has 1 amide bonds. The van der Waals surface area contributed by atoms with Crippen molar-refractivity contribution in [1.82, 2.24) is 4.90 Å². The van der Waals surface area contributed by atoms with Crippen molar-refractivity contribution in [3.05, 3.63) is 0 Å². The van der Waals surface area contributed by atoms with Crippen LogP contribution in [0.15, 0.2) is 0 Å². The fourth-order valence-electron chi connectivity index (χ4n) is 1.88. The Kier molecular flexibility index (Phi) is 5.05. The first-order valence-corrected chi connectivity index (χ1v) is 5.80. The van der Waals surface area contributed by atoms with Gasteiger partial charge in [-0.1, -0.05) is 6.92 Å². The maximum atomic E-state index is 11.9. The summed E-state index contributed by atoms with van der Waals surface area (Å²) in [7, 11) is 0. The minimum absolute atomic E-state index is 0.162. The monoisotopic (exact) mass is 214 g/mol. The number of nitrogens with two attached hydrogens (primary N) is 1. The minimum Gasteiger partial charge on any atom is -0.375 e. The zero-order valence-corrected chi connectivity index (χ0v) is 9.74. The molecule has 0 aromatic heterocycles. The van der Waals surface area contributed by atoms with Crippen LogP contribution in [-0.2, 0) is 9.53 Å². The van der Waals surface area contributed by atoms with Crippen LogP contribution in [0.2, 0.25) is 0 Å². The molecule has 1 fully saturated rings. The third kappa shape index (κ3) is 3.47. The number of carbonyl (C=O) groups excluding carboxylic acids is 1. The average Bonchev–Trinajstić information content (AvgIpc) is 2.25. The van der Waals surface area contributed by atoms with Crippen molar-refractivity contribution in [1.29, 1.82) is 0 Å². The van der Waals surface area contributed by atoms with Crippen LogP contribution in [0.25, 0.3) is 0 Å². The Morgan fingerprint density at radius 3 is 2.93 bits per heavy atom. The molecule has 2 unspecified atom stereocenters. The molecule has 0 aromatic rings. The smallest absolute Gasteiger partial charge is 0.223 e. The molecule has 15 heavy (non-hydrogen) atoms. The molecule has 0 aromatic carbocycles. The third-order valence-electron chi connectivity index (χ3n) is 2.85. The predicted molar refractivity (Wildman–Crippen MR) is 59.5 cm³/mol. The summed E-state index contributed by atoms with van der Waals surface area (Å²) in [6.45, 7) is 6.08. The van der Waals surface area contributed by atoms with Crippen molar-refractivity contribution < 1.29 is 9.53 Å². The molecule has 1 heterocycles. The maximum absolute atomic E-state index is 11.9. The van der Waals surface area contributed by atoms with Gasteiger partial charge in [0, 0.05) is 13.0 Å². The van der Waals surface area contributed by atoms with E-state index in [4.69, 9.17) is 10.5 Å². The van der Waals surface area contributed by atoms with Gasteiger partial charge in [0.05, 0.1) is 18.8 Å². The van der Waals surface area contributed by atoms with E-state index in [9.17, 15) is 4.79 Å². The molecule has 0 radical (unpaired) electrons. The normalized spacial score (nSPS) is 26.7. The summed E-state index contributed by atoms with van der Waals surface area (Å²) in [4.78, 5) is 13.8. The van der Waals surface area contributed by atoms with Crippen molar-refractivity contribution >= 4 is 5.91 Å². The van der Waals surface area contributed by atoms with Crippen LogP contribution in [0.5, 0.6) is 0 Å². The molecule has 4 nitrogen and oxygen atoms in total. The van der Waals surface area contributed by atoms with Crippen LogP contribution in [-0.4, -0.2) is 42.6 Å². The fraction of sp³-hybridized carbons (Fsp3) is 0.909. The van der Waals surface area contributed by atoms with Gasteiger partial charge in [-0.25, -0.2) is 0 Å². The highest BCUT2D eigenvalue weighted by Crippen LogP contribution is 2.15. The second-order valence-electron chi connectivity index (χ2n) is 4.14. The largest absolute Gasteiger partial charge is 0.375 e. The van der Waals surface area contributed by atoms with Crippen molar-refractivity contribution in [3.63, 3.8) is 0 Å². The lowest BCUT2D eigenvalue weighted by atomic mass is 10.1. The van der Waals surface area contributed by atoms with E-state index in [0.717, 1.165) is 19.4 Å². The van der Waals surface area contributed by atoms with Crippen LogP contribution in [0.1, 0.15) is 33.1 Å². The minimum atomic E-state index is 0.162. The molecule has 1 aliphatic rings. The molecular formula is C11H22N2O2. The molecule has 0 spiro atoms. The Bertz CT molecular complexity index is 209. The number of amides is 1. The summed E-state index contributed by atoms with van der Waals surface area (Å²) in [5.74, 6) is 0.224. The molecule has 1 aliphatic heterocycles. The topological polar surface area (TPSA) is 55.6 Å². The second kappa shape index (κ2) is 6.08. The first kappa shape index (κ1) is 12.5. The SMILES string of the molecule is CCC1COC(C)CN1C(=O)CCCN. The molecule has 0 bridgehead atoms. The molecule has 1 rings (SSSR count). The number of hydrogen-bond acceptors (Lipinski definition) is 3. The lowest BCUT2D eigenvalue weighted by Gasteiger charge is -2.38. The van der Waals surface area contributed by atoms with E-state index in [2.05, 4.69) is 6.92 Å². The molecule has 0 aliphatic carbocycles. The van der Waals surface area contributed by atoms with Gasteiger partial charge in [0.2, 0.25) is 5.91 Å². The van der Waals surface area contributed by atoms with E-state index in [1.54, 1.807) is 0 Å². The van der Waals surface area contributed by atoms with E-state index >= 15 is 0 Å². The summed E-state index contributed by atoms with van der Waals surface area (Å²) < 4.78 is 5.55. The number of carbonyl (C=O) groups is 1. The zero-order valence-electron chi connectivity index (χ0n) is 9.74. The molecule has 4 heteroatoms. The summed E-state index contributed by atoms with van der Waals surface area (Å²) in [5, 5.41) is 0. The Morgan fingerprint density at radius 1 is 1.60 bits per heavy atom. The molecule has 2 atom stereocenters. The number of ether oxygens (including phenoxy) is 1. The molecule has 2 N–H and O–H groups in total. The maximum Gasteiger partial charge on any atom is 0.223 e. The van der Waals surface area contributed by atoms with Gasteiger partial charge in [-0.05, 0) is 26.3 Å². The van der Waals surface area contributed by atoms with E-state index in [0.29, 0.717) is 19.6 Å². The summed E-state index contributed by atoms with van der Waals surface area (Å²) >= 11 is 0. The first-order valence-electron chi connectivity index (χ1n) is 5.80. The van der Waals surface area contributed by atoms with Crippen LogP contribution < -0.4 is 5.73 Å². The van der Waals surface area contributed by atoms with Crippen LogP contribution in [0.4, 0.5) is 0 Å². The first-order chi connectivity index (χ1) is 7.19. The molecule has 88 valence electrons. The summed E-state index contributed by atoms with van der Waals surface area (Å²) in [5.41, 5.74) is 5.41. The van der Waals surface area contributed by atoms with Crippen molar-refractivity contribution in [2.45, 2.75) is 45.3 Å². The highest BCUT2D eigenvalue weighted by molar-refractivity contribution is 5.76. The third-order valence-corrected chi connectivity index (χ3v) is 2.85. The fourth-order valence-corrected chi connectivity index (χ4v) is 1.88. The number of nitrogens with zero attached hydrogens (tertiary/aromatic N) is 1. The predicted octanol–water partition coefficient (Wildman–Crippen LogP) is 0.751. The van der Waals surface area contributed by atoms with Crippen molar-refractivity contribution in [3.8, 4) is 0 Å². The van der Waals surface area contributed by atoms with Gasteiger partial charge in [0.15, 0.2) is 0 Å². The summed E-state index contributed by atoms with van der Waals surface area (Å²) in [6, 6.07) is 0.256. The second-order valence-corrected chi connectivity index (χ2v) is 4.14. The Labute approximate surface area is 91.8 Å². The van der Waals surface area contributed by atoms with E-state index in [1.165, 1.54) is 0 Å². The Hall–Kier alpha value is -0.610. The van der Waals surface area contributed by atoms with Gasteiger partial charge in [-0.2, -0.15) is 0 Å². The number of rotatable bonds is 4. The lowest BCUT2D eigenvalue weighted by molar-refractivity contribution is -0.144. The Morgan fingerprint density at radius 2 is 2.33 bits per heavy atom. The van der Waals surface area contributed by atoms with Gasteiger partial charge >= 0.3 is 0 Å². The highest BCUT2D eigenvalue weighted by Gasteiger charge is 2.28. The van der Waals surface area contributed by atoms with E-state index in [1.807, 2.05) is 11.8 Å². The van der Waals surface area contributed by atoms with E-state index < -0.39 is 0 Å². The van der Waals surface area contributed by atoms with Gasteiger partial charge in [0.25, 0.3) is 0 Å². The average molecular weight is 214 g/mol. The number of hydrogen-bond donors (Lipinski definition) is 1.